The molecule has 18 atom stereocenters. The fraction of sp³-hybridized carbons (Fsp3) is 0.425. The van der Waals surface area contributed by atoms with E-state index >= 15 is 0 Å². The Morgan fingerprint density at radius 3 is 1.17 bits per heavy atom. The highest BCUT2D eigenvalue weighted by Gasteiger charge is 2.61. The Morgan fingerprint density at radius 2 is 0.777 bits per heavy atom. The van der Waals surface area contributed by atoms with Crippen LogP contribution in [0, 0.1) is 5.92 Å². The molecular formula is C80H87N21O20. The SMILES string of the molecule is CCNC(=O)Nc1ncnc2c1ncn2C1CC(C(=O)N2CCC[C@H]2C(=O)O)C2O[C@H](c3ccccc3)OC21.CCNC(=O)Nc1ncnc2c1ncn2C1OC(C(=O)N2CCC[C@@H]2C(=O)O)C2O[C@H](/C=C/c3ccccc3)OC21.CCNC(=O)Nc1ncnc2c1ncn2C1OC(C(=O)N2CCC[C@H]2C(=O)O)C2O[C@H](/C=C/c3ccccc3)OC21. The molecule has 8 aliphatic heterocycles. The smallest absolute Gasteiger partial charge is 0.326 e. The van der Waals surface area contributed by atoms with Gasteiger partial charge in [-0.2, -0.15) is 0 Å². The number of rotatable bonds is 20. The molecule has 12 unspecified atom stereocenters. The molecule has 41 heteroatoms. The molecule has 121 heavy (non-hydrogen) atoms. The van der Waals surface area contributed by atoms with E-state index in [1.54, 1.807) is 41.5 Å². The molecule has 9 amide bonds. The fourth-order valence-corrected chi connectivity index (χ4v) is 16.8. The molecular weight excluding hydrogens is 1580 g/mol. The van der Waals surface area contributed by atoms with Crippen molar-refractivity contribution in [2.24, 2.45) is 5.92 Å². The van der Waals surface area contributed by atoms with E-state index in [1.165, 1.54) is 46.3 Å². The second-order valence-electron chi connectivity index (χ2n) is 29.6. The van der Waals surface area contributed by atoms with E-state index in [-0.39, 0.29) is 29.4 Å². The van der Waals surface area contributed by atoms with Crippen LogP contribution in [-0.4, -0.2) is 261 Å². The lowest BCUT2D eigenvalue weighted by atomic mass is 10.0. The summed E-state index contributed by atoms with van der Waals surface area (Å²) in [5, 5.41) is 45.0. The Morgan fingerprint density at radius 1 is 0.413 bits per heavy atom. The first-order chi connectivity index (χ1) is 58.8. The summed E-state index contributed by atoms with van der Waals surface area (Å²) in [6.45, 7) is 7.73. The van der Waals surface area contributed by atoms with E-state index in [0.29, 0.717) is 118 Å². The largest absolute Gasteiger partial charge is 0.480 e. The molecule has 0 radical (unpaired) electrons. The number of carbonyl (C=O) groups is 9. The molecule has 1 aliphatic carbocycles. The number of amides is 9. The van der Waals surface area contributed by atoms with Crippen molar-refractivity contribution in [1.82, 2.24) is 89.2 Å². The van der Waals surface area contributed by atoms with Crippen LogP contribution in [0.1, 0.15) is 107 Å². The van der Waals surface area contributed by atoms with Crippen molar-refractivity contribution in [3.63, 3.8) is 0 Å². The van der Waals surface area contributed by atoms with Gasteiger partial charge in [-0.25, -0.2) is 73.6 Å². The molecule has 9 aromatic rings. The number of hydrogen-bond acceptors (Lipinski definition) is 26. The third-order valence-electron chi connectivity index (χ3n) is 22.2. The van der Waals surface area contributed by atoms with E-state index in [2.05, 4.69) is 76.8 Å². The van der Waals surface area contributed by atoms with Crippen LogP contribution in [0.3, 0.4) is 0 Å². The molecule has 6 aromatic heterocycles. The van der Waals surface area contributed by atoms with Crippen LogP contribution in [0.25, 0.3) is 45.6 Å². The summed E-state index contributed by atoms with van der Waals surface area (Å²) in [7, 11) is 0. The Balaban J connectivity index is 0.000000135. The topological polar surface area (TPSA) is 501 Å². The highest BCUT2D eigenvalue weighted by molar-refractivity contribution is 5.98. The number of imidazole rings is 3. The lowest BCUT2D eigenvalue weighted by molar-refractivity contribution is -0.165. The number of carbonyl (C=O) groups excluding carboxylic acids is 6. The summed E-state index contributed by atoms with van der Waals surface area (Å²) in [5.74, 6) is -4.24. The first kappa shape index (κ1) is 81.8. The van der Waals surface area contributed by atoms with Crippen molar-refractivity contribution in [2.45, 2.75) is 170 Å². The van der Waals surface area contributed by atoms with Gasteiger partial charge in [0.1, 0.15) is 73.7 Å². The fourth-order valence-electron chi connectivity index (χ4n) is 16.8. The number of likely N-dealkylation sites (tertiary alicyclic amines) is 3. The minimum absolute atomic E-state index is 0.204. The molecule has 0 bridgehead atoms. The Hall–Kier alpha value is -12.9. The molecule has 1 saturated carbocycles. The Kier molecular flexibility index (Phi) is 24.3. The maximum atomic E-state index is 13.8. The van der Waals surface area contributed by atoms with E-state index < -0.39 is 152 Å². The zero-order valence-corrected chi connectivity index (χ0v) is 65.5. The molecule has 41 nitrogen and oxygen atoms in total. The van der Waals surface area contributed by atoms with Gasteiger partial charge in [-0.1, -0.05) is 103 Å². The van der Waals surface area contributed by atoms with Gasteiger partial charge < -0.3 is 88.4 Å². The summed E-state index contributed by atoms with van der Waals surface area (Å²) < 4.78 is 55.2. The van der Waals surface area contributed by atoms with E-state index in [0.717, 1.165) is 16.7 Å². The van der Waals surface area contributed by atoms with Gasteiger partial charge in [0.2, 0.25) is 5.91 Å². The third kappa shape index (κ3) is 16.8. The second-order valence-corrected chi connectivity index (χ2v) is 29.6. The van der Waals surface area contributed by atoms with Crippen LogP contribution in [0.4, 0.5) is 31.8 Å². The van der Waals surface area contributed by atoms with Gasteiger partial charge in [0, 0.05) is 44.8 Å². The summed E-state index contributed by atoms with van der Waals surface area (Å²) in [6, 6.07) is 24.4. The van der Waals surface area contributed by atoms with Crippen molar-refractivity contribution < 1.29 is 96.4 Å². The minimum Gasteiger partial charge on any atom is -0.480 e. The Labute approximate surface area is 688 Å². The standard InChI is InChI=1S/2C27H29N7O7.C26H29N7O6/c2*1-2-28-27(38)32-22-18-23(30-13-29-22)34(14-31-18)25-21-19(39-17(40-21)11-10-15-7-4-3-5-8-15)20(41-25)24(35)33-12-6-9-16(33)26(36)37;1-2-27-26(37)31-21-18-22(29-12-28-21)33(13-30-18)17-11-15(23(34)32-10-6-9-16(32)24(35)36)19-20(17)39-25(38-19)14-7-4-3-5-8-14/h2*3-5,7-8,10-11,13-14,16-17,19-21,25H,2,6,9,12H2,1H3,(H,36,37)(H2,28,29,30,32,38);3-5,7-8,12-13,15-17,19-20,25H,2,6,9-11H2,1H3,(H,35,36)(H2,27,28,29,31,37)/b2*11-10+;/t16-,17+,19?,20?,21?,25?;16-,17-,19?,20?,21?,25?;15?,16-,17?,19?,20?,25-/m100/s1. The molecule has 9 aliphatic rings. The van der Waals surface area contributed by atoms with Crippen LogP contribution in [0.5, 0.6) is 0 Å². The number of ether oxygens (including phenoxy) is 8. The van der Waals surface area contributed by atoms with Crippen LogP contribution in [0.15, 0.2) is 141 Å². The van der Waals surface area contributed by atoms with E-state index in [9.17, 15) is 58.5 Å². The molecule has 14 heterocycles. The first-order valence-electron chi connectivity index (χ1n) is 39.9. The van der Waals surface area contributed by atoms with E-state index in [1.807, 2.05) is 115 Å². The van der Waals surface area contributed by atoms with Crippen molar-refractivity contribution in [3.05, 3.63) is 158 Å². The number of urea groups is 3. The normalized spacial score (nSPS) is 27.6. The van der Waals surface area contributed by atoms with Crippen molar-refractivity contribution in [2.75, 3.05) is 55.2 Å². The summed E-state index contributed by atoms with van der Waals surface area (Å²) in [5.41, 5.74) is 4.93. The van der Waals surface area contributed by atoms with Crippen LogP contribution in [-0.2, 0) is 66.7 Å². The molecule has 9 N–H and O–H groups in total. The minimum atomic E-state index is -1.12. The maximum Gasteiger partial charge on any atom is 0.326 e. The molecule has 18 rings (SSSR count). The van der Waals surface area contributed by atoms with Crippen LogP contribution >= 0.6 is 0 Å². The van der Waals surface area contributed by atoms with E-state index in [4.69, 9.17) is 37.9 Å². The number of nitrogens with zero attached hydrogens (tertiary/aromatic N) is 15. The number of carboxylic acids is 3. The van der Waals surface area contributed by atoms with Crippen molar-refractivity contribution in [3.8, 4) is 0 Å². The number of fused-ring (bicyclic) bond motifs is 6. The lowest BCUT2D eigenvalue weighted by Crippen LogP contribution is -2.49. The number of aromatic nitrogens is 12. The van der Waals surface area contributed by atoms with Gasteiger partial charge in [-0.3, -0.25) is 39.5 Å². The van der Waals surface area contributed by atoms with Crippen molar-refractivity contribution >= 4 is 117 Å². The number of carboxylic acid groups (broad SMARTS) is 3. The summed E-state index contributed by atoms with van der Waals surface area (Å²) in [6.07, 6.45) is 8.58. The molecule has 8 saturated heterocycles. The van der Waals surface area contributed by atoms with Crippen LogP contribution in [0.2, 0.25) is 0 Å². The predicted molar refractivity (Wildman–Crippen MR) is 423 cm³/mol. The first-order valence-corrected chi connectivity index (χ1v) is 39.9. The molecule has 0 spiro atoms. The molecule has 9 fully saturated rings. The number of benzene rings is 3. The number of hydrogen-bond donors (Lipinski definition) is 9. The zero-order valence-electron chi connectivity index (χ0n) is 65.5. The van der Waals surface area contributed by atoms with Gasteiger partial charge in [0.15, 0.2) is 94.5 Å². The molecule has 3 aromatic carbocycles. The second kappa shape index (κ2) is 36.0. The maximum absolute atomic E-state index is 13.8. The Bertz CT molecular complexity index is 5170. The average Bonchev–Trinajstić information content (AvgIpc) is 1.59. The van der Waals surface area contributed by atoms with Crippen molar-refractivity contribution in [1.29, 1.82) is 0 Å². The predicted octanol–water partition coefficient (Wildman–Crippen LogP) is 5.62. The average molecular weight is 1660 g/mol. The lowest BCUT2D eigenvalue weighted by Gasteiger charge is -2.27. The highest BCUT2D eigenvalue weighted by atomic mass is 16.8. The number of nitrogens with one attached hydrogen (secondary N) is 6. The number of aliphatic carboxylic acids is 3. The zero-order chi connectivity index (χ0) is 84.1. The van der Waals surface area contributed by atoms with Gasteiger partial charge in [0.05, 0.1) is 30.9 Å². The summed E-state index contributed by atoms with van der Waals surface area (Å²) >= 11 is 0. The molecule has 632 valence electrons. The summed E-state index contributed by atoms with van der Waals surface area (Å²) in [4.78, 5) is 156. The van der Waals surface area contributed by atoms with Gasteiger partial charge >= 0.3 is 36.0 Å². The highest BCUT2D eigenvalue weighted by Crippen LogP contribution is 2.50. The van der Waals surface area contributed by atoms with Crippen LogP contribution < -0.4 is 31.9 Å². The number of anilines is 3. The quantitative estimate of drug-likeness (QED) is 0.0447. The third-order valence-corrected chi connectivity index (χ3v) is 22.2. The van der Waals surface area contributed by atoms with Gasteiger partial charge in [0.25, 0.3) is 11.8 Å². The van der Waals surface area contributed by atoms with Gasteiger partial charge in [-0.05, 0) is 89.0 Å². The monoisotopic (exact) mass is 1660 g/mol. The van der Waals surface area contributed by atoms with Gasteiger partial charge in [-0.15, -0.1) is 0 Å².